The van der Waals surface area contributed by atoms with Crippen molar-refractivity contribution in [2.45, 2.75) is 6.54 Å². The summed E-state index contributed by atoms with van der Waals surface area (Å²) in [4.78, 5) is 34.5. The first-order chi connectivity index (χ1) is 11.5. The van der Waals surface area contributed by atoms with Crippen molar-refractivity contribution in [2.24, 2.45) is 5.73 Å². The lowest BCUT2D eigenvalue weighted by Crippen LogP contribution is -2.41. The van der Waals surface area contributed by atoms with Crippen LogP contribution in [-0.4, -0.2) is 17.8 Å². The molecule has 0 aliphatic heterocycles. The largest absolute Gasteiger partial charge is 0.352 e. The van der Waals surface area contributed by atoms with E-state index in [1.807, 2.05) is 0 Å². The number of carbonyl (C=O) groups is 3. The summed E-state index contributed by atoms with van der Waals surface area (Å²) < 4.78 is 0.856. The van der Waals surface area contributed by atoms with Gasteiger partial charge in [0.2, 0.25) is 0 Å². The van der Waals surface area contributed by atoms with Crippen molar-refractivity contribution in [2.75, 3.05) is 0 Å². The highest BCUT2D eigenvalue weighted by Crippen LogP contribution is 2.10. The Morgan fingerprint density at radius 3 is 1.75 bits per heavy atom. The molecule has 0 saturated heterocycles. The molecular weight excluding hydrogens is 376 g/mol. The maximum atomic E-state index is 12.0. The second-order valence-corrected chi connectivity index (χ2v) is 5.75. The Bertz CT molecular complexity index is 745. The van der Waals surface area contributed by atoms with E-state index in [1.165, 1.54) is 0 Å². The Morgan fingerprint density at radius 2 is 1.29 bits per heavy atom. The topological polar surface area (TPSA) is 113 Å². The predicted molar refractivity (Wildman–Crippen MR) is 91.9 cm³/mol. The third-order valence-electron chi connectivity index (χ3n) is 3.08. The van der Waals surface area contributed by atoms with Crippen LogP contribution in [0.1, 0.15) is 26.3 Å². The van der Waals surface area contributed by atoms with Crippen molar-refractivity contribution in [3.8, 4) is 0 Å². The second-order valence-electron chi connectivity index (χ2n) is 4.83. The van der Waals surface area contributed by atoms with E-state index >= 15 is 0 Å². The van der Waals surface area contributed by atoms with E-state index in [0.717, 1.165) is 10.0 Å². The number of amides is 4. The number of carbonyl (C=O) groups excluding carboxylic acids is 3. The van der Waals surface area contributed by atoms with Gasteiger partial charge in [-0.15, -0.1) is 0 Å². The van der Waals surface area contributed by atoms with E-state index < -0.39 is 17.8 Å². The molecule has 2 rings (SSSR count). The monoisotopic (exact) mass is 390 g/mol. The minimum Gasteiger partial charge on any atom is -0.352 e. The fraction of sp³-hybridized carbons (Fsp3) is 0.0625. The van der Waals surface area contributed by atoms with Gasteiger partial charge >= 0.3 is 6.03 Å². The molecule has 0 fully saturated rings. The zero-order chi connectivity index (χ0) is 17.5. The molecule has 0 atom stereocenters. The minimum atomic E-state index is -0.618. The molecule has 0 spiro atoms. The summed E-state index contributed by atoms with van der Waals surface area (Å²) in [6.45, 7) is 0.275. The fourth-order valence-electron chi connectivity index (χ4n) is 1.82. The molecule has 5 N–H and O–H groups in total. The van der Waals surface area contributed by atoms with Crippen molar-refractivity contribution in [1.82, 2.24) is 16.2 Å². The molecular formula is C16H15BrN4O3. The molecule has 0 aliphatic rings. The number of rotatable bonds is 4. The first-order valence-electron chi connectivity index (χ1n) is 6.94. The van der Waals surface area contributed by atoms with Crippen LogP contribution in [0.15, 0.2) is 53.0 Å². The van der Waals surface area contributed by atoms with Gasteiger partial charge in [-0.2, -0.15) is 0 Å². The van der Waals surface area contributed by atoms with E-state index in [4.69, 9.17) is 5.73 Å². The molecule has 4 amide bonds. The first-order valence-corrected chi connectivity index (χ1v) is 7.73. The summed E-state index contributed by atoms with van der Waals surface area (Å²) in [6, 6.07) is 12.6. The number of benzene rings is 2. The van der Waals surface area contributed by atoms with Gasteiger partial charge in [-0.25, -0.2) is 4.79 Å². The van der Waals surface area contributed by atoms with Gasteiger partial charge in [0.15, 0.2) is 0 Å². The molecule has 2 aromatic rings. The highest BCUT2D eigenvalue weighted by molar-refractivity contribution is 9.10. The van der Waals surface area contributed by atoms with E-state index in [-0.39, 0.29) is 6.54 Å². The van der Waals surface area contributed by atoms with E-state index in [0.29, 0.717) is 11.1 Å². The number of nitrogens with one attached hydrogen (secondary N) is 3. The maximum absolute atomic E-state index is 12.0. The molecule has 2 aromatic carbocycles. The average Bonchev–Trinajstić information content (AvgIpc) is 2.58. The highest BCUT2D eigenvalue weighted by Gasteiger charge is 2.09. The molecule has 0 aliphatic carbocycles. The number of halogens is 1. The lowest BCUT2D eigenvalue weighted by molar-refractivity contribution is 0.0846. The van der Waals surface area contributed by atoms with Crippen LogP contribution < -0.4 is 21.9 Å². The van der Waals surface area contributed by atoms with Crippen LogP contribution >= 0.6 is 15.9 Å². The third kappa shape index (κ3) is 5.10. The zero-order valence-corrected chi connectivity index (χ0v) is 14.1. The Morgan fingerprint density at radius 1 is 0.833 bits per heavy atom. The summed E-state index contributed by atoms with van der Waals surface area (Å²) in [5.74, 6) is -0.868. The summed E-state index contributed by atoms with van der Waals surface area (Å²) in [7, 11) is 0. The Kier molecular flexibility index (Phi) is 5.91. The molecule has 0 heterocycles. The number of primary amides is 1. The molecule has 0 radical (unpaired) electrons. The van der Waals surface area contributed by atoms with Gasteiger partial charge in [-0.1, -0.05) is 28.1 Å². The predicted octanol–water partition coefficient (Wildman–Crippen LogP) is 1.69. The Hall–Kier alpha value is -2.87. The van der Waals surface area contributed by atoms with Crippen LogP contribution in [0.25, 0.3) is 0 Å². The quantitative estimate of drug-likeness (QED) is 0.595. The molecule has 7 nitrogen and oxygen atoms in total. The van der Waals surface area contributed by atoms with Crippen molar-refractivity contribution in [3.05, 3.63) is 69.7 Å². The summed E-state index contributed by atoms with van der Waals surface area (Å²) in [5, 5.41) is 2.45. The summed E-state index contributed by atoms with van der Waals surface area (Å²) in [5.41, 5.74) is 11.3. The van der Waals surface area contributed by atoms with Crippen LogP contribution in [0.5, 0.6) is 0 Å². The normalized spacial score (nSPS) is 9.88. The molecule has 0 unspecified atom stereocenters. The Balaban J connectivity index is 1.89. The van der Waals surface area contributed by atoms with E-state index in [9.17, 15) is 14.4 Å². The SMILES string of the molecule is NC(=O)NCc1ccc(C(=O)NNC(=O)c2ccc(Br)cc2)cc1. The molecule has 0 saturated carbocycles. The maximum Gasteiger partial charge on any atom is 0.312 e. The molecule has 8 heteroatoms. The molecule has 124 valence electrons. The van der Waals surface area contributed by atoms with Gasteiger partial charge in [0, 0.05) is 22.1 Å². The lowest BCUT2D eigenvalue weighted by Gasteiger charge is -2.08. The van der Waals surface area contributed by atoms with Crippen molar-refractivity contribution in [1.29, 1.82) is 0 Å². The van der Waals surface area contributed by atoms with E-state index in [2.05, 4.69) is 32.1 Å². The standard InChI is InChI=1S/C16H15BrN4O3/c17-13-7-5-12(6-8-13)15(23)21-20-14(22)11-3-1-10(2-4-11)9-19-16(18)24/h1-8H,9H2,(H,20,22)(H,21,23)(H3,18,19,24). The number of hydrogen-bond donors (Lipinski definition) is 4. The molecule has 0 aromatic heterocycles. The van der Waals surface area contributed by atoms with Gasteiger partial charge in [0.1, 0.15) is 0 Å². The number of hydrazine groups is 1. The van der Waals surface area contributed by atoms with Crippen molar-refractivity contribution >= 4 is 33.8 Å². The summed E-state index contributed by atoms with van der Waals surface area (Å²) >= 11 is 3.28. The van der Waals surface area contributed by atoms with Gasteiger partial charge in [0.25, 0.3) is 11.8 Å². The number of urea groups is 1. The van der Waals surface area contributed by atoms with Crippen LogP contribution in [0.2, 0.25) is 0 Å². The number of hydrogen-bond acceptors (Lipinski definition) is 3. The van der Waals surface area contributed by atoms with Crippen LogP contribution in [0.4, 0.5) is 4.79 Å². The zero-order valence-electron chi connectivity index (χ0n) is 12.5. The molecule has 0 bridgehead atoms. The van der Waals surface area contributed by atoms with Crippen molar-refractivity contribution in [3.63, 3.8) is 0 Å². The molecule has 24 heavy (non-hydrogen) atoms. The lowest BCUT2D eigenvalue weighted by atomic mass is 10.1. The van der Waals surface area contributed by atoms with E-state index in [1.54, 1.807) is 48.5 Å². The third-order valence-corrected chi connectivity index (χ3v) is 3.61. The van der Waals surface area contributed by atoms with Crippen LogP contribution in [-0.2, 0) is 6.54 Å². The van der Waals surface area contributed by atoms with Crippen molar-refractivity contribution < 1.29 is 14.4 Å². The number of nitrogens with two attached hydrogens (primary N) is 1. The summed E-state index contributed by atoms with van der Waals surface area (Å²) in [6.07, 6.45) is 0. The van der Waals surface area contributed by atoms with Crippen LogP contribution in [0.3, 0.4) is 0 Å². The van der Waals surface area contributed by atoms with Gasteiger partial charge in [-0.05, 0) is 42.0 Å². The smallest absolute Gasteiger partial charge is 0.312 e. The van der Waals surface area contributed by atoms with Gasteiger partial charge < -0.3 is 11.1 Å². The second kappa shape index (κ2) is 8.11. The van der Waals surface area contributed by atoms with Gasteiger partial charge in [-0.3, -0.25) is 20.4 Å². The van der Waals surface area contributed by atoms with Crippen LogP contribution in [0, 0.1) is 0 Å². The highest BCUT2D eigenvalue weighted by atomic mass is 79.9. The fourth-order valence-corrected chi connectivity index (χ4v) is 2.09. The first kappa shape index (κ1) is 17.5. The minimum absolute atomic E-state index is 0.275. The Labute approximate surface area is 146 Å². The average molecular weight is 391 g/mol. The van der Waals surface area contributed by atoms with Gasteiger partial charge in [0.05, 0.1) is 0 Å².